The van der Waals surface area contributed by atoms with E-state index in [0.29, 0.717) is 25.7 Å². The standard InChI is InChI=1S/C19H22FNO5/c1-19(2,3)26-25-18(24)11-4-7-13(8-5-11)21-16(22)14-9-6-12(20)10-15(14)17(21)23/h6,9-11,13H,4-5,7-8H2,1-3H3. The molecule has 2 aliphatic rings. The SMILES string of the molecule is CC(C)(C)OOC(=O)C1CCC(N2C(=O)c3ccc(F)cc3C2=O)CC1. The lowest BCUT2D eigenvalue weighted by Gasteiger charge is -2.32. The van der Waals surface area contributed by atoms with Crippen LogP contribution in [0, 0.1) is 11.7 Å². The highest BCUT2D eigenvalue weighted by Crippen LogP contribution is 2.34. The molecular formula is C19H22FNO5. The van der Waals surface area contributed by atoms with Gasteiger partial charge < -0.3 is 0 Å². The monoisotopic (exact) mass is 363 g/mol. The number of carbonyl (C=O) groups excluding carboxylic acids is 3. The van der Waals surface area contributed by atoms with Crippen LogP contribution in [0.15, 0.2) is 18.2 Å². The van der Waals surface area contributed by atoms with Gasteiger partial charge in [0.05, 0.1) is 17.0 Å². The zero-order valence-corrected chi connectivity index (χ0v) is 15.1. The second-order valence-electron chi connectivity index (χ2n) is 7.77. The van der Waals surface area contributed by atoms with Gasteiger partial charge in [0.25, 0.3) is 11.8 Å². The Balaban J connectivity index is 1.61. The van der Waals surface area contributed by atoms with Gasteiger partial charge in [-0.3, -0.25) is 19.4 Å². The molecule has 1 saturated carbocycles. The summed E-state index contributed by atoms with van der Waals surface area (Å²) in [6.07, 6.45) is 2.00. The van der Waals surface area contributed by atoms with E-state index in [1.807, 2.05) is 0 Å². The van der Waals surface area contributed by atoms with E-state index in [1.54, 1.807) is 20.8 Å². The van der Waals surface area contributed by atoms with Crippen LogP contribution >= 0.6 is 0 Å². The van der Waals surface area contributed by atoms with Crippen molar-refractivity contribution >= 4 is 17.8 Å². The van der Waals surface area contributed by atoms with E-state index in [9.17, 15) is 18.8 Å². The molecule has 0 radical (unpaired) electrons. The van der Waals surface area contributed by atoms with Gasteiger partial charge in [0.2, 0.25) is 0 Å². The highest BCUT2D eigenvalue weighted by Gasteiger charge is 2.42. The molecule has 0 aromatic heterocycles. The van der Waals surface area contributed by atoms with E-state index in [4.69, 9.17) is 9.78 Å². The quantitative estimate of drug-likeness (QED) is 0.468. The Labute approximate surface area is 151 Å². The van der Waals surface area contributed by atoms with Gasteiger partial charge >= 0.3 is 5.97 Å². The van der Waals surface area contributed by atoms with Crippen molar-refractivity contribution in [3.05, 3.63) is 35.1 Å². The van der Waals surface area contributed by atoms with Gasteiger partial charge in [0, 0.05) is 6.04 Å². The van der Waals surface area contributed by atoms with E-state index >= 15 is 0 Å². The van der Waals surface area contributed by atoms with Crippen molar-refractivity contribution in [1.29, 1.82) is 0 Å². The van der Waals surface area contributed by atoms with Gasteiger partial charge in [-0.15, -0.1) is 0 Å². The van der Waals surface area contributed by atoms with Crippen molar-refractivity contribution in [3.8, 4) is 0 Å². The number of amides is 2. The van der Waals surface area contributed by atoms with Gasteiger partial charge in [-0.05, 0) is 64.7 Å². The number of hydrogen-bond acceptors (Lipinski definition) is 5. The maximum absolute atomic E-state index is 13.4. The molecule has 6 nitrogen and oxygen atoms in total. The molecule has 1 aromatic carbocycles. The molecule has 0 spiro atoms. The lowest BCUT2D eigenvalue weighted by molar-refractivity contribution is -0.323. The number of carbonyl (C=O) groups is 3. The van der Waals surface area contributed by atoms with Crippen molar-refractivity contribution < 1.29 is 28.5 Å². The molecule has 1 heterocycles. The highest BCUT2D eigenvalue weighted by atomic mass is 19.1. The Bertz CT molecular complexity index is 747. The molecule has 0 bridgehead atoms. The minimum Gasteiger partial charge on any atom is -0.298 e. The van der Waals surface area contributed by atoms with Crippen molar-refractivity contribution in [2.75, 3.05) is 0 Å². The smallest absolute Gasteiger partial charge is 0.298 e. The largest absolute Gasteiger partial charge is 0.345 e. The van der Waals surface area contributed by atoms with Crippen LogP contribution in [0.1, 0.15) is 67.2 Å². The van der Waals surface area contributed by atoms with Gasteiger partial charge in [-0.25, -0.2) is 9.18 Å². The fourth-order valence-corrected chi connectivity index (χ4v) is 3.37. The molecule has 26 heavy (non-hydrogen) atoms. The number of halogens is 1. The maximum atomic E-state index is 13.4. The predicted octanol–water partition coefficient (Wildman–Crippen LogP) is 3.25. The number of rotatable bonds is 3. The molecule has 0 saturated heterocycles. The summed E-state index contributed by atoms with van der Waals surface area (Å²) in [5.41, 5.74) is -0.242. The third-order valence-corrected chi connectivity index (χ3v) is 4.65. The molecule has 140 valence electrons. The number of imide groups is 1. The fraction of sp³-hybridized carbons (Fsp3) is 0.526. The zero-order valence-electron chi connectivity index (χ0n) is 15.1. The van der Waals surface area contributed by atoms with Crippen LogP contribution in [0.4, 0.5) is 4.39 Å². The first-order valence-corrected chi connectivity index (χ1v) is 8.74. The molecule has 0 N–H and O–H groups in total. The van der Waals surface area contributed by atoms with Crippen molar-refractivity contribution in [2.24, 2.45) is 5.92 Å². The van der Waals surface area contributed by atoms with E-state index in [0.717, 1.165) is 6.07 Å². The van der Waals surface area contributed by atoms with E-state index in [-0.39, 0.29) is 23.1 Å². The molecule has 1 fully saturated rings. The van der Waals surface area contributed by atoms with Crippen LogP contribution in [-0.4, -0.2) is 34.3 Å². The van der Waals surface area contributed by atoms with Crippen molar-refractivity contribution in [3.63, 3.8) is 0 Å². The van der Waals surface area contributed by atoms with Crippen LogP contribution in [0.3, 0.4) is 0 Å². The third kappa shape index (κ3) is 3.62. The zero-order chi connectivity index (χ0) is 19.1. The predicted molar refractivity (Wildman–Crippen MR) is 89.6 cm³/mol. The summed E-state index contributed by atoms with van der Waals surface area (Å²) in [6.45, 7) is 5.34. The molecular weight excluding hydrogens is 341 g/mol. The normalized spacial score (nSPS) is 23.2. The van der Waals surface area contributed by atoms with Gasteiger partial charge in [-0.1, -0.05) is 0 Å². The molecule has 1 aliphatic carbocycles. The Hall–Kier alpha value is -2.28. The molecule has 0 atom stereocenters. The number of hydrogen-bond donors (Lipinski definition) is 0. The minimum absolute atomic E-state index is 0.107. The Morgan fingerprint density at radius 1 is 1.08 bits per heavy atom. The lowest BCUT2D eigenvalue weighted by atomic mass is 9.85. The average molecular weight is 363 g/mol. The first kappa shape index (κ1) is 18.5. The second kappa shape index (κ2) is 6.79. The van der Waals surface area contributed by atoms with Gasteiger partial charge in [-0.2, -0.15) is 4.89 Å². The summed E-state index contributed by atoms with van der Waals surface area (Å²) in [7, 11) is 0. The third-order valence-electron chi connectivity index (χ3n) is 4.65. The average Bonchev–Trinajstić information content (AvgIpc) is 2.83. The first-order chi connectivity index (χ1) is 12.2. The lowest BCUT2D eigenvalue weighted by Crippen LogP contribution is -2.43. The van der Waals surface area contributed by atoms with Crippen LogP contribution in [0.5, 0.6) is 0 Å². The van der Waals surface area contributed by atoms with E-state index in [1.165, 1.54) is 17.0 Å². The number of benzene rings is 1. The van der Waals surface area contributed by atoms with Crippen molar-refractivity contribution in [1.82, 2.24) is 4.90 Å². The number of nitrogens with zero attached hydrogens (tertiary/aromatic N) is 1. The van der Waals surface area contributed by atoms with E-state index < -0.39 is 29.2 Å². The molecule has 1 aliphatic heterocycles. The summed E-state index contributed by atoms with van der Waals surface area (Å²) in [4.78, 5) is 48.3. The first-order valence-electron chi connectivity index (χ1n) is 8.74. The molecule has 3 rings (SSSR count). The van der Waals surface area contributed by atoms with Crippen LogP contribution in [0.25, 0.3) is 0 Å². The van der Waals surface area contributed by atoms with Crippen molar-refractivity contribution in [2.45, 2.75) is 58.1 Å². The Morgan fingerprint density at radius 3 is 2.31 bits per heavy atom. The summed E-state index contributed by atoms with van der Waals surface area (Å²) in [5.74, 6) is -2.15. The fourth-order valence-electron chi connectivity index (χ4n) is 3.37. The summed E-state index contributed by atoms with van der Waals surface area (Å²) < 4.78 is 13.4. The molecule has 1 aromatic rings. The highest BCUT2D eigenvalue weighted by molar-refractivity contribution is 6.21. The van der Waals surface area contributed by atoms with Crippen LogP contribution in [-0.2, 0) is 14.6 Å². The Morgan fingerprint density at radius 2 is 1.69 bits per heavy atom. The maximum Gasteiger partial charge on any atom is 0.345 e. The topological polar surface area (TPSA) is 72.9 Å². The van der Waals surface area contributed by atoms with Gasteiger partial charge in [0.15, 0.2) is 0 Å². The number of fused-ring (bicyclic) bond motifs is 1. The minimum atomic E-state index is -0.581. The molecule has 2 amide bonds. The van der Waals surface area contributed by atoms with Gasteiger partial charge in [0.1, 0.15) is 11.4 Å². The summed E-state index contributed by atoms with van der Waals surface area (Å²) >= 11 is 0. The van der Waals surface area contributed by atoms with E-state index in [2.05, 4.69) is 0 Å². The summed E-state index contributed by atoms with van der Waals surface area (Å²) in [5, 5.41) is 0. The Kier molecular flexibility index (Phi) is 4.84. The summed E-state index contributed by atoms with van der Waals surface area (Å²) in [6, 6.07) is 3.33. The van der Waals surface area contributed by atoms with Crippen LogP contribution in [0.2, 0.25) is 0 Å². The van der Waals surface area contributed by atoms with Crippen LogP contribution < -0.4 is 0 Å². The molecule has 0 unspecified atom stereocenters. The molecule has 7 heteroatoms. The second-order valence-corrected chi connectivity index (χ2v) is 7.77.